The van der Waals surface area contributed by atoms with Gasteiger partial charge in [-0.15, -0.1) is 10.2 Å². The van der Waals surface area contributed by atoms with Crippen LogP contribution in [-0.2, 0) is 25.5 Å². The maximum absolute atomic E-state index is 5.87. The van der Waals surface area contributed by atoms with E-state index in [4.69, 9.17) is 18.9 Å². The molecule has 2 unspecified atom stereocenters. The van der Waals surface area contributed by atoms with Gasteiger partial charge >= 0.3 is 0 Å². The summed E-state index contributed by atoms with van der Waals surface area (Å²) in [6.45, 7) is 6.33. The van der Waals surface area contributed by atoms with Crippen LogP contribution in [0.5, 0.6) is 0 Å². The van der Waals surface area contributed by atoms with Gasteiger partial charge in [-0.1, -0.05) is 0 Å². The largest absolute Gasteiger partial charge is 0.353 e. The molecule has 2 saturated heterocycles. The first-order chi connectivity index (χ1) is 9.04. The zero-order valence-corrected chi connectivity index (χ0v) is 11.4. The SMILES string of the molecule is CCn1nnc(C2OC(OC)[C@@H]3OC(C)(C)O[C@H]23)n1. The van der Waals surface area contributed by atoms with Crippen molar-refractivity contribution in [3.05, 3.63) is 5.82 Å². The molecule has 2 aliphatic heterocycles. The predicted octanol–water partition coefficient (Wildman–Crippen LogP) is 0.257. The number of aromatic nitrogens is 4. The zero-order valence-electron chi connectivity index (χ0n) is 11.4. The van der Waals surface area contributed by atoms with E-state index in [1.165, 1.54) is 4.80 Å². The van der Waals surface area contributed by atoms with Crippen LogP contribution in [0, 0.1) is 0 Å². The molecule has 2 aliphatic rings. The molecule has 0 saturated carbocycles. The number of hydrogen-bond acceptors (Lipinski definition) is 7. The van der Waals surface area contributed by atoms with Gasteiger partial charge in [0.25, 0.3) is 0 Å². The minimum Gasteiger partial charge on any atom is -0.353 e. The van der Waals surface area contributed by atoms with Crippen LogP contribution in [0.15, 0.2) is 0 Å². The molecule has 1 aromatic heterocycles. The van der Waals surface area contributed by atoms with E-state index in [0.717, 1.165) is 0 Å². The Balaban J connectivity index is 1.86. The van der Waals surface area contributed by atoms with E-state index in [1.54, 1.807) is 7.11 Å². The third-order valence-corrected chi connectivity index (χ3v) is 3.25. The van der Waals surface area contributed by atoms with Crippen molar-refractivity contribution in [1.82, 2.24) is 20.2 Å². The van der Waals surface area contributed by atoms with E-state index in [0.29, 0.717) is 12.4 Å². The maximum atomic E-state index is 5.87. The van der Waals surface area contributed by atoms with Gasteiger partial charge in [0.1, 0.15) is 12.2 Å². The van der Waals surface area contributed by atoms with Crippen molar-refractivity contribution < 1.29 is 18.9 Å². The summed E-state index contributed by atoms with van der Waals surface area (Å²) in [5.41, 5.74) is 0. The highest BCUT2D eigenvalue weighted by Crippen LogP contribution is 2.44. The quantitative estimate of drug-likeness (QED) is 0.779. The third-order valence-electron chi connectivity index (χ3n) is 3.25. The lowest BCUT2D eigenvalue weighted by atomic mass is 10.1. The third kappa shape index (κ3) is 2.14. The van der Waals surface area contributed by atoms with Crippen LogP contribution < -0.4 is 0 Å². The summed E-state index contributed by atoms with van der Waals surface area (Å²) in [6.07, 6.45) is -1.46. The number of methoxy groups -OCH3 is 1. The number of nitrogens with zero attached hydrogens (tertiary/aromatic N) is 4. The van der Waals surface area contributed by atoms with Crippen molar-refractivity contribution in [1.29, 1.82) is 0 Å². The molecule has 8 nitrogen and oxygen atoms in total. The standard InChI is InChI=1S/C11H18N4O4/c1-5-15-13-9(12-14-15)7-6-8(10(16-4)17-7)19-11(2,3)18-6/h6-8,10H,5H2,1-4H3/t6-,7?,8-,10?/m1/s1. The Bertz CT molecular complexity index is 463. The van der Waals surface area contributed by atoms with E-state index in [2.05, 4.69) is 15.4 Å². The molecule has 2 fully saturated rings. The van der Waals surface area contributed by atoms with Gasteiger partial charge in [-0.25, -0.2) is 0 Å². The molecule has 0 N–H and O–H groups in total. The first kappa shape index (κ1) is 12.9. The van der Waals surface area contributed by atoms with Gasteiger partial charge < -0.3 is 18.9 Å². The second-order valence-electron chi connectivity index (χ2n) is 5.06. The molecule has 106 valence electrons. The van der Waals surface area contributed by atoms with Crippen molar-refractivity contribution in [2.24, 2.45) is 0 Å². The summed E-state index contributed by atoms with van der Waals surface area (Å²) in [4.78, 5) is 1.51. The van der Waals surface area contributed by atoms with E-state index in [-0.39, 0.29) is 12.2 Å². The molecule has 3 heterocycles. The second-order valence-corrected chi connectivity index (χ2v) is 5.06. The summed E-state index contributed by atoms with van der Waals surface area (Å²) in [5.74, 6) is -0.160. The number of ether oxygens (including phenoxy) is 4. The summed E-state index contributed by atoms with van der Waals surface area (Å²) >= 11 is 0. The normalized spacial score (nSPS) is 36.6. The van der Waals surface area contributed by atoms with Gasteiger partial charge in [-0.05, 0) is 26.0 Å². The number of hydrogen-bond donors (Lipinski definition) is 0. The molecular weight excluding hydrogens is 252 g/mol. The monoisotopic (exact) mass is 270 g/mol. The average molecular weight is 270 g/mol. The topological polar surface area (TPSA) is 80.5 Å². The maximum Gasteiger partial charge on any atom is 0.206 e. The fourth-order valence-electron chi connectivity index (χ4n) is 2.46. The molecular formula is C11H18N4O4. The van der Waals surface area contributed by atoms with Crippen LogP contribution in [0.3, 0.4) is 0 Å². The Morgan fingerprint density at radius 1 is 1.32 bits per heavy atom. The van der Waals surface area contributed by atoms with Crippen LogP contribution in [0.4, 0.5) is 0 Å². The van der Waals surface area contributed by atoms with Gasteiger partial charge in [0.2, 0.25) is 5.82 Å². The van der Waals surface area contributed by atoms with Crippen LogP contribution >= 0.6 is 0 Å². The fourth-order valence-corrected chi connectivity index (χ4v) is 2.46. The molecule has 8 heteroatoms. The molecule has 3 rings (SSSR count). The Morgan fingerprint density at radius 3 is 2.68 bits per heavy atom. The highest BCUT2D eigenvalue weighted by atomic mass is 16.8. The van der Waals surface area contributed by atoms with Crippen LogP contribution in [0.1, 0.15) is 32.7 Å². The minimum absolute atomic E-state index is 0.279. The van der Waals surface area contributed by atoms with Crippen LogP contribution in [0.25, 0.3) is 0 Å². The molecule has 19 heavy (non-hydrogen) atoms. The number of tetrazole rings is 1. The molecule has 1 aromatic rings. The molecule has 0 bridgehead atoms. The van der Waals surface area contributed by atoms with E-state index in [1.807, 2.05) is 20.8 Å². The summed E-state index contributed by atoms with van der Waals surface area (Å²) < 4.78 is 22.7. The molecule has 0 aromatic carbocycles. The second kappa shape index (κ2) is 4.48. The Hall–Kier alpha value is -1.09. The Morgan fingerprint density at radius 2 is 2.05 bits per heavy atom. The number of fused-ring (bicyclic) bond motifs is 1. The minimum atomic E-state index is -0.658. The zero-order chi connectivity index (χ0) is 13.6. The van der Waals surface area contributed by atoms with Crippen molar-refractivity contribution in [3.63, 3.8) is 0 Å². The van der Waals surface area contributed by atoms with E-state index >= 15 is 0 Å². The van der Waals surface area contributed by atoms with Crippen molar-refractivity contribution in [2.45, 2.75) is 57.7 Å². The fraction of sp³-hybridized carbons (Fsp3) is 0.909. The Labute approximate surface area is 111 Å². The lowest BCUT2D eigenvalue weighted by molar-refractivity contribution is -0.229. The van der Waals surface area contributed by atoms with Gasteiger partial charge in [0, 0.05) is 7.11 Å². The summed E-state index contributed by atoms with van der Waals surface area (Å²) in [7, 11) is 1.58. The van der Waals surface area contributed by atoms with E-state index < -0.39 is 18.2 Å². The van der Waals surface area contributed by atoms with Gasteiger partial charge in [-0.3, -0.25) is 0 Å². The van der Waals surface area contributed by atoms with Crippen molar-refractivity contribution >= 4 is 0 Å². The molecule has 0 spiro atoms. The van der Waals surface area contributed by atoms with Gasteiger partial charge in [-0.2, -0.15) is 4.80 Å². The average Bonchev–Trinajstić information content (AvgIpc) is 3.01. The highest BCUT2D eigenvalue weighted by molar-refractivity contribution is 5.02. The van der Waals surface area contributed by atoms with Gasteiger partial charge in [0.05, 0.1) is 6.54 Å². The van der Waals surface area contributed by atoms with Gasteiger partial charge in [0.15, 0.2) is 18.2 Å². The first-order valence-corrected chi connectivity index (χ1v) is 6.35. The van der Waals surface area contributed by atoms with Crippen LogP contribution in [0.2, 0.25) is 0 Å². The molecule has 0 radical (unpaired) electrons. The highest BCUT2D eigenvalue weighted by Gasteiger charge is 2.57. The number of rotatable bonds is 3. The van der Waals surface area contributed by atoms with E-state index in [9.17, 15) is 0 Å². The lowest BCUT2D eigenvalue weighted by Gasteiger charge is -2.22. The molecule has 4 atom stereocenters. The predicted molar refractivity (Wildman–Crippen MR) is 61.9 cm³/mol. The summed E-state index contributed by atoms with van der Waals surface area (Å²) in [6, 6.07) is 0. The molecule has 0 aliphatic carbocycles. The lowest BCUT2D eigenvalue weighted by Crippen LogP contribution is -2.30. The first-order valence-electron chi connectivity index (χ1n) is 6.35. The Kier molecular flexibility index (Phi) is 3.05. The summed E-state index contributed by atoms with van der Waals surface area (Å²) in [5, 5.41) is 12.2. The molecule has 0 amide bonds. The van der Waals surface area contributed by atoms with Crippen LogP contribution in [-0.4, -0.2) is 51.6 Å². The number of aryl methyl sites for hydroxylation is 1. The van der Waals surface area contributed by atoms with Crippen molar-refractivity contribution in [3.8, 4) is 0 Å². The van der Waals surface area contributed by atoms with Crippen molar-refractivity contribution in [2.75, 3.05) is 7.11 Å². The smallest absolute Gasteiger partial charge is 0.206 e.